The largest absolute Gasteiger partial charge is 0.445 e. The van der Waals surface area contributed by atoms with E-state index in [-0.39, 0.29) is 18.6 Å². The van der Waals surface area contributed by atoms with Crippen LogP contribution in [-0.2, 0) is 11.3 Å². The van der Waals surface area contributed by atoms with Crippen molar-refractivity contribution in [1.29, 1.82) is 0 Å². The molecule has 0 aliphatic carbocycles. The second-order valence-corrected chi connectivity index (χ2v) is 5.97. The normalized spacial score (nSPS) is 14.0. The third-order valence-electron chi connectivity index (χ3n) is 4.30. The third-order valence-corrected chi connectivity index (χ3v) is 4.30. The number of hydrogen-bond acceptors (Lipinski definition) is 5. The molecule has 136 valence electrons. The maximum absolute atomic E-state index is 12.2. The van der Waals surface area contributed by atoms with Crippen LogP contribution in [-0.4, -0.2) is 55.1 Å². The lowest BCUT2D eigenvalue weighted by atomic mass is 10.2. The minimum atomic E-state index is -0.318. The molecule has 1 aliphatic heterocycles. The van der Waals surface area contributed by atoms with Crippen LogP contribution < -0.4 is 10.2 Å². The fourth-order valence-electron chi connectivity index (χ4n) is 2.87. The van der Waals surface area contributed by atoms with E-state index in [9.17, 15) is 9.59 Å². The summed E-state index contributed by atoms with van der Waals surface area (Å²) in [6.45, 7) is 2.51. The van der Waals surface area contributed by atoms with Crippen LogP contribution in [0.5, 0.6) is 0 Å². The molecule has 1 fully saturated rings. The summed E-state index contributed by atoms with van der Waals surface area (Å²) < 4.78 is 5.38. The average Bonchev–Trinajstić information content (AvgIpc) is 2.72. The Kier molecular flexibility index (Phi) is 5.68. The van der Waals surface area contributed by atoms with Crippen molar-refractivity contribution in [2.24, 2.45) is 0 Å². The van der Waals surface area contributed by atoms with Gasteiger partial charge in [0.15, 0.2) is 0 Å². The van der Waals surface area contributed by atoms with Gasteiger partial charge in [0.25, 0.3) is 5.91 Å². The highest BCUT2D eigenvalue weighted by Crippen LogP contribution is 2.19. The lowest BCUT2D eigenvalue weighted by Crippen LogP contribution is -2.49. The molecule has 0 radical (unpaired) electrons. The van der Waals surface area contributed by atoms with Gasteiger partial charge in [-0.15, -0.1) is 0 Å². The summed E-state index contributed by atoms with van der Waals surface area (Å²) in [5.74, 6) is 0.474. The van der Waals surface area contributed by atoms with Crippen LogP contribution in [0.2, 0.25) is 0 Å². The zero-order valence-electron chi connectivity index (χ0n) is 14.7. The maximum Gasteiger partial charge on any atom is 0.410 e. The van der Waals surface area contributed by atoms with Gasteiger partial charge in [0, 0.05) is 39.4 Å². The summed E-state index contributed by atoms with van der Waals surface area (Å²) in [5.41, 5.74) is 1.50. The van der Waals surface area contributed by atoms with Gasteiger partial charge in [-0.05, 0) is 17.7 Å². The van der Waals surface area contributed by atoms with E-state index < -0.39 is 0 Å². The minimum Gasteiger partial charge on any atom is -0.445 e. The number of benzene rings is 1. The highest BCUT2D eigenvalue weighted by molar-refractivity contribution is 5.98. The van der Waals surface area contributed by atoms with Crippen molar-refractivity contribution in [3.05, 3.63) is 59.8 Å². The first-order chi connectivity index (χ1) is 12.7. The van der Waals surface area contributed by atoms with Gasteiger partial charge < -0.3 is 19.9 Å². The van der Waals surface area contributed by atoms with Crippen LogP contribution in [0.15, 0.2) is 48.7 Å². The zero-order valence-corrected chi connectivity index (χ0v) is 14.7. The number of piperazine rings is 1. The Morgan fingerprint density at radius 3 is 2.50 bits per heavy atom. The second kappa shape index (κ2) is 8.33. The second-order valence-electron chi connectivity index (χ2n) is 5.97. The number of ether oxygens (including phenoxy) is 1. The van der Waals surface area contributed by atoms with E-state index >= 15 is 0 Å². The van der Waals surface area contributed by atoms with E-state index in [1.165, 1.54) is 0 Å². The Bertz CT molecular complexity index is 758. The minimum absolute atomic E-state index is 0.169. The van der Waals surface area contributed by atoms with E-state index in [4.69, 9.17) is 4.74 Å². The molecule has 1 aliphatic rings. The summed E-state index contributed by atoms with van der Waals surface area (Å²) in [4.78, 5) is 32.3. The number of carbonyl (C=O) groups is 2. The zero-order chi connectivity index (χ0) is 18.4. The highest BCUT2D eigenvalue weighted by atomic mass is 16.6. The van der Waals surface area contributed by atoms with Crippen LogP contribution in [0.4, 0.5) is 10.6 Å². The first kappa shape index (κ1) is 17.7. The Balaban J connectivity index is 1.56. The van der Waals surface area contributed by atoms with E-state index in [0.717, 1.165) is 5.56 Å². The molecule has 1 aromatic carbocycles. The molecule has 1 N–H and O–H groups in total. The molecular formula is C19H22N4O3. The predicted octanol–water partition coefficient (Wildman–Crippen LogP) is 1.90. The molecule has 2 amide bonds. The molecule has 3 rings (SSSR count). The monoisotopic (exact) mass is 354 g/mol. The van der Waals surface area contributed by atoms with Gasteiger partial charge in [-0.25, -0.2) is 9.78 Å². The van der Waals surface area contributed by atoms with Gasteiger partial charge in [-0.1, -0.05) is 30.3 Å². The van der Waals surface area contributed by atoms with Crippen LogP contribution in [0.1, 0.15) is 15.9 Å². The standard InChI is InChI=1S/C19H22N4O3/c1-20-18(24)16-8-5-9-21-17(16)22-10-12-23(13-11-22)19(25)26-14-15-6-3-2-4-7-15/h2-9H,10-14H2,1H3,(H,20,24). The van der Waals surface area contributed by atoms with Crippen molar-refractivity contribution in [2.45, 2.75) is 6.61 Å². The first-order valence-corrected chi connectivity index (χ1v) is 8.56. The summed E-state index contributed by atoms with van der Waals surface area (Å²) in [7, 11) is 1.60. The van der Waals surface area contributed by atoms with Gasteiger partial charge in [0.05, 0.1) is 5.56 Å². The molecule has 2 aromatic rings. The molecule has 1 saturated heterocycles. The Morgan fingerprint density at radius 1 is 1.08 bits per heavy atom. The lowest BCUT2D eigenvalue weighted by molar-refractivity contribution is 0.0932. The van der Waals surface area contributed by atoms with E-state index in [0.29, 0.717) is 37.6 Å². The lowest BCUT2D eigenvalue weighted by Gasteiger charge is -2.35. The number of anilines is 1. The molecule has 0 atom stereocenters. The first-order valence-electron chi connectivity index (χ1n) is 8.56. The summed E-state index contributed by atoms with van der Waals surface area (Å²) in [6.07, 6.45) is 1.35. The quantitative estimate of drug-likeness (QED) is 0.908. The van der Waals surface area contributed by atoms with Crippen LogP contribution >= 0.6 is 0 Å². The topological polar surface area (TPSA) is 74.8 Å². The molecule has 7 heteroatoms. The fraction of sp³-hybridized carbons (Fsp3) is 0.316. The Hall–Kier alpha value is -3.09. The Morgan fingerprint density at radius 2 is 1.81 bits per heavy atom. The summed E-state index contributed by atoms with van der Waals surface area (Å²) in [6, 6.07) is 13.1. The molecule has 0 unspecified atom stereocenters. The summed E-state index contributed by atoms with van der Waals surface area (Å²) in [5, 5.41) is 2.63. The van der Waals surface area contributed by atoms with Crippen molar-refractivity contribution in [2.75, 3.05) is 38.1 Å². The van der Waals surface area contributed by atoms with Crippen LogP contribution in [0.3, 0.4) is 0 Å². The molecule has 2 heterocycles. The molecule has 0 saturated carbocycles. The predicted molar refractivity (Wildman–Crippen MR) is 98.0 cm³/mol. The number of hydrogen-bond donors (Lipinski definition) is 1. The average molecular weight is 354 g/mol. The highest BCUT2D eigenvalue weighted by Gasteiger charge is 2.25. The molecular weight excluding hydrogens is 332 g/mol. The number of pyridine rings is 1. The molecule has 26 heavy (non-hydrogen) atoms. The van der Waals surface area contributed by atoms with E-state index in [2.05, 4.69) is 10.3 Å². The molecule has 7 nitrogen and oxygen atoms in total. The number of aromatic nitrogens is 1. The number of nitrogens with one attached hydrogen (secondary N) is 1. The Labute approximate surface area is 152 Å². The summed E-state index contributed by atoms with van der Waals surface area (Å²) >= 11 is 0. The fourth-order valence-corrected chi connectivity index (χ4v) is 2.87. The smallest absolute Gasteiger partial charge is 0.410 e. The van der Waals surface area contributed by atoms with E-state index in [1.807, 2.05) is 35.2 Å². The van der Waals surface area contributed by atoms with Crippen molar-refractivity contribution >= 4 is 17.8 Å². The SMILES string of the molecule is CNC(=O)c1cccnc1N1CCN(C(=O)OCc2ccccc2)CC1. The number of carbonyl (C=O) groups excluding carboxylic acids is 2. The van der Waals surface area contributed by atoms with Crippen LogP contribution in [0.25, 0.3) is 0 Å². The van der Waals surface area contributed by atoms with Crippen molar-refractivity contribution in [1.82, 2.24) is 15.2 Å². The third kappa shape index (κ3) is 4.11. The van der Waals surface area contributed by atoms with Gasteiger partial charge in [0.2, 0.25) is 0 Å². The van der Waals surface area contributed by atoms with E-state index in [1.54, 1.807) is 30.3 Å². The number of rotatable bonds is 4. The maximum atomic E-state index is 12.2. The molecule has 1 aromatic heterocycles. The van der Waals surface area contributed by atoms with Crippen molar-refractivity contribution < 1.29 is 14.3 Å². The van der Waals surface area contributed by atoms with Crippen molar-refractivity contribution in [3.8, 4) is 0 Å². The molecule has 0 bridgehead atoms. The molecule has 0 spiro atoms. The van der Waals surface area contributed by atoms with Gasteiger partial charge in [0.1, 0.15) is 12.4 Å². The van der Waals surface area contributed by atoms with Crippen LogP contribution in [0, 0.1) is 0 Å². The van der Waals surface area contributed by atoms with Gasteiger partial charge in [-0.2, -0.15) is 0 Å². The van der Waals surface area contributed by atoms with Gasteiger partial charge in [-0.3, -0.25) is 4.79 Å². The number of amides is 2. The van der Waals surface area contributed by atoms with Crippen molar-refractivity contribution in [3.63, 3.8) is 0 Å². The number of nitrogens with zero attached hydrogens (tertiary/aromatic N) is 3. The van der Waals surface area contributed by atoms with Gasteiger partial charge >= 0.3 is 6.09 Å².